The summed E-state index contributed by atoms with van der Waals surface area (Å²) in [6.07, 6.45) is 4.07. The van der Waals surface area contributed by atoms with E-state index in [1.807, 2.05) is 6.07 Å². The van der Waals surface area contributed by atoms with Crippen LogP contribution in [0.3, 0.4) is 0 Å². The number of furan rings is 1. The minimum Gasteiger partial charge on any atom is -0.459 e. The zero-order chi connectivity index (χ0) is 18.2. The average molecular weight is 360 g/mol. The molecule has 6 heteroatoms. The number of benzene rings is 1. The maximum atomic E-state index is 11.8. The van der Waals surface area contributed by atoms with E-state index in [9.17, 15) is 4.79 Å². The van der Waals surface area contributed by atoms with E-state index in [4.69, 9.17) is 16.0 Å². The van der Waals surface area contributed by atoms with E-state index in [-0.39, 0.29) is 11.3 Å². The monoisotopic (exact) mass is 359 g/mol. The zero-order valence-electron chi connectivity index (χ0n) is 14.8. The van der Waals surface area contributed by atoms with E-state index in [1.165, 1.54) is 11.8 Å². The summed E-state index contributed by atoms with van der Waals surface area (Å²) in [4.78, 5) is 14.1. The van der Waals surface area contributed by atoms with Crippen LogP contribution < -0.4 is 10.3 Å². The highest BCUT2D eigenvalue weighted by Crippen LogP contribution is 2.44. The number of hydrazone groups is 1. The van der Waals surface area contributed by atoms with Crippen LogP contribution in [0.5, 0.6) is 0 Å². The van der Waals surface area contributed by atoms with Crippen LogP contribution in [0.2, 0.25) is 5.02 Å². The van der Waals surface area contributed by atoms with Crippen LogP contribution in [0.1, 0.15) is 54.8 Å². The van der Waals surface area contributed by atoms with Crippen molar-refractivity contribution in [3.8, 4) is 0 Å². The molecule has 0 fully saturated rings. The highest BCUT2D eigenvalue weighted by atomic mass is 35.5. The van der Waals surface area contributed by atoms with Crippen molar-refractivity contribution in [3.63, 3.8) is 0 Å². The second kappa shape index (κ2) is 6.56. The van der Waals surface area contributed by atoms with Crippen LogP contribution in [0.4, 0.5) is 5.69 Å². The smallest absolute Gasteiger partial charge is 0.307 e. The fraction of sp³-hybridized carbons (Fsp3) is 0.368. The van der Waals surface area contributed by atoms with Gasteiger partial charge in [-0.05, 0) is 56.0 Å². The fourth-order valence-electron chi connectivity index (χ4n) is 3.33. The standard InChI is InChI=1S/C19H22ClN3O2/c1-12-10-19(2,3)23(4)16-9-15(20)13(8-14(12)16)11-21-22-18(24)17-6-5-7-25-17/h5-9,11-12H,10H2,1-4H3,(H,22,24)/b21-11+/t12-/m0/s1. The Hall–Kier alpha value is -2.27. The van der Waals surface area contributed by atoms with Gasteiger partial charge in [-0.3, -0.25) is 4.79 Å². The quantitative estimate of drug-likeness (QED) is 0.652. The molecule has 25 heavy (non-hydrogen) atoms. The first-order valence-electron chi connectivity index (χ1n) is 8.24. The van der Waals surface area contributed by atoms with Gasteiger partial charge in [0.2, 0.25) is 0 Å². The molecule has 3 rings (SSSR count). The van der Waals surface area contributed by atoms with Crippen LogP contribution >= 0.6 is 11.6 Å². The second-order valence-electron chi connectivity index (χ2n) is 7.09. The minimum absolute atomic E-state index is 0.0857. The molecule has 0 bridgehead atoms. The molecule has 2 heterocycles. The van der Waals surface area contributed by atoms with Gasteiger partial charge in [-0.2, -0.15) is 5.10 Å². The Morgan fingerprint density at radius 1 is 1.48 bits per heavy atom. The number of hydrogen-bond donors (Lipinski definition) is 1. The topological polar surface area (TPSA) is 57.8 Å². The number of amides is 1. The van der Waals surface area contributed by atoms with Gasteiger partial charge in [0.05, 0.1) is 17.5 Å². The highest BCUT2D eigenvalue weighted by Gasteiger charge is 2.34. The molecule has 1 aliphatic heterocycles. The van der Waals surface area contributed by atoms with E-state index >= 15 is 0 Å². The molecule has 1 aromatic heterocycles. The number of anilines is 1. The van der Waals surface area contributed by atoms with E-state index in [0.29, 0.717) is 10.9 Å². The van der Waals surface area contributed by atoms with Gasteiger partial charge in [0.25, 0.3) is 0 Å². The maximum absolute atomic E-state index is 11.8. The van der Waals surface area contributed by atoms with Crippen molar-refractivity contribution >= 4 is 29.4 Å². The summed E-state index contributed by atoms with van der Waals surface area (Å²) in [5.74, 6) is 0.236. The Balaban J connectivity index is 1.83. The molecule has 0 spiro atoms. The van der Waals surface area contributed by atoms with E-state index in [0.717, 1.165) is 17.7 Å². The highest BCUT2D eigenvalue weighted by molar-refractivity contribution is 6.33. The molecule has 132 valence electrons. The summed E-state index contributed by atoms with van der Waals surface area (Å²) < 4.78 is 5.02. The van der Waals surface area contributed by atoms with Crippen LogP contribution in [0.25, 0.3) is 0 Å². The second-order valence-corrected chi connectivity index (χ2v) is 7.49. The summed E-state index contributed by atoms with van der Waals surface area (Å²) in [5.41, 5.74) is 5.69. The van der Waals surface area contributed by atoms with Gasteiger partial charge in [0.15, 0.2) is 5.76 Å². The summed E-state index contributed by atoms with van der Waals surface area (Å²) in [6.45, 7) is 6.70. The number of carbonyl (C=O) groups is 1. The van der Waals surface area contributed by atoms with Gasteiger partial charge in [-0.25, -0.2) is 5.43 Å². The van der Waals surface area contributed by atoms with Crippen LogP contribution in [-0.4, -0.2) is 24.7 Å². The Bertz CT molecular complexity index is 812. The fourth-order valence-corrected chi connectivity index (χ4v) is 3.53. The number of halogens is 1. The Morgan fingerprint density at radius 2 is 2.24 bits per heavy atom. The summed E-state index contributed by atoms with van der Waals surface area (Å²) in [5, 5.41) is 4.60. The molecule has 1 aliphatic rings. The molecule has 5 nitrogen and oxygen atoms in total. The lowest BCUT2D eigenvalue weighted by Gasteiger charge is -2.45. The lowest BCUT2D eigenvalue weighted by molar-refractivity contribution is 0.0927. The molecular weight excluding hydrogens is 338 g/mol. The Labute approximate surface area is 152 Å². The summed E-state index contributed by atoms with van der Waals surface area (Å²) in [7, 11) is 2.10. The van der Waals surface area contributed by atoms with Crippen molar-refractivity contribution in [2.45, 2.75) is 38.6 Å². The zero-order valence-corrected chi connectivity index (χ0v) is 15.6. The predicted octanol–water partition coefficient (Wildman–Crippen LogP) is 4.42. The number of fused-ring (bicyclic) bond motifs is 1. The lowest BCUT2D eigenvalue weighted by atomic mass is 9.80. The number of nitrogens with one attached hydrogen (secondary N) is 1. The van der Waals surface area contributed by atoms with E-state index in [2.05, 4.69) is 49.3 Å². The maximum Gasteiger partial charge on any atom is 0.307 e. The molecule has 1 aromatic carbocycles. The van der Waals surface area contributed by atoms with E-state index < -0.39 is 5.91 Å². The minimum atomic E-state index is -0.398. The largest absolute Gasteiger partial charge is 0.459 e. The summed E-state index contributed by atoms with van der Waals surface area (Å²) >= 11 is 6.43. The SMILES string of the molecule is C[C@H]1CC(C)(C)N(C)c2cc(Cl)c(/C=N/NC(=O)c3ccco3)cc21. The molecule has 0 unspecified atom stereocenters. The van der Waals surface area contributed by atoms with Crippen molar-refractivity contribution in [3.05, 3.63) is 52.4 Å². The molecule has 2 aromatic rings. The molecule has 1 amide bonds. The third-order valence-corrected chi connectivity index (χ3v) is 5.19. The molecule has 0 saturated carbocycles. The molecule has 0 radical (unpaired) electrons. The van der Waals surface area contributed by atoms with Gasteiger partial charge >= 0.3 is 5.91 Å². The first-order valence-corrected chi connectivity index (χ1v) is 8.61. The van der Waals surface area contributed by atoms with Crippen molar-refractivity contribution in [1.82, 2.24) is 5.43 Å². The van der Waals surface area contributed by atoms with Gasteiger partial charge in [0, 0.05) is 23.8 Å². The van der Waals surface area contributed by atoms with Crippen LogP contribution in [-0.2, 0) is 0 Å². The molecule has 0 aliphatic carbocycles. The Morgan fingerprint density at radius 3 is 2.92 bits per heavy atom. The van der Waals surface area contributed by atoms with Crippen molar-refractivity contribution in [2.24, 2.45) is 5.10 Å². The van der Waals surface area contributed by atoms with E-state index in [1.54, 1.807) is 18.3 Å². The molecule has 0 saturated heterocycles. The third kappa shape index (κ3) is 3.42. The van der Waals surface area contributed by atoms with Gasteiger partial charge in [-0.1, -0.05) is 18.5 Å². The predicted molar refractivity (Wildman–Crippen MR) is 101 cm³/mol. The summed E-state index contributed by atoms with van der Waals surface area (Å²) in [6, 6.07) is 7.26. The number of nitrogens with zero attached hydrogens (tertiary/aromatic N) is 2. The normalized spacial score (nSPS) is 19.1. The number of carbonyl (C=O) groups excluding carboxylic acids is 1. The van der Waals surface area contributed by atoms with Crippen LogP contribution in [0, 0.1) is 0 Å². The lowest BCUT2D eigenvalue weighted by Crippen LogP contribution is -2.45. The van der Waals surface area contributed by atoms with Gasteiger partial charge < -0.3 is 9.32 Å². The van der Waals surface area contributed by atoms with Crippen LogP contribution in [0.15, 0.2) is 40.0 Å². The third-order valence-electron chi connectivity index (χ3n) is 4.87. The van der Waals surface area contributed by atoms with Crippen molar-refractivity contribution in [2.75, 3.05) is 11.9 Å². The van der Waals surface area contributed by atoms with Crippen molar-refractivity contribution in [1.29, 1.82) is 0 Å². The van der Waals surface area contributed by atoms with Gasteiger partial charge in [0.1, 0.15) is 0 Å². The molecular formula is C19H22ClN3O2. The Kier molecular flexibility index (Phi) is 4.60. The first-order chi connectivity index (χ1) is 11.8. The number of rotatable bonds is 3. The molecule has 1 atom stereocenters. The van der Waals surface area contributed by atoms with Gasteiger partial charge in [-0.15, -0.1) is 0 Å². The van der Waals surface area contributed by atoms with Crippen molar-refractivity contribution < 1.29 is 9.21 Å². The number of hydrogen-bond acceptors (Lipinski definition) is 4. The average Bonchev–Trinajstić information content (AvgIpc) is 3.08. The molecule has 1 N–H and O–H groups in total. The first kappa shape index (κ1) is 17.5.